The maximum absolute atomic E-state index is 11.0. The topological polar surface area (TPSA) is 35.5 Å². The third-order valence-electron chi connectivity index (χ3n) is 3.95. The molecule has 1 aromatic carbocycles. The molecule has 0 amide bonds. The van der Waals surface area contributed by atoms with Crippen molar-refractivity contribution in [3.8, 4) is 0 Å². The molecule has 1 fully saturated rings. The predicted molar refractivity (Wildman–Crippen MR) is 81.9 cm³/mol. The van der Waals surface area contributed by atoms with Crippen LogP contribution in [0, 0.1) is 0 Å². The van der Waals surface area contributed by atoms with Crippen molar-refractivity contribution < 1.29 is 14.1 Å². The largest absolute Gasteiger partial charge is 0.494 e. The van der Waals surface area contributed by atoms with Crippen LogP contribution in [0.4, 0.5) is 0 Å². The molecule has 1 saturated heterocycles. The van der Waals surface area contributed by atoms with Crippen LogP contribution in [0.25, 0.3) is 6.08 Å². The summed E-state index contributed by atoms with van der Waals surface area (Å²) >= 11 is 0. The minimum Gasteiger partial charge on any atom is -0.399 e. The summed E-state index contributed by atoms with van der Waals surface area (Å²) in [6.45, 7) is 9.67. The van der Waals surface area contributed by atoms with Gasteiger partial charge in [-0.2, -0.15) is 0 Å². The molecule has 1 aliphatic heterocycles. The van der Waals surface area contributed by atoms with Gasteiger partial charge in [0.25, 0.3) is 0 Å². The molecule has 0 unspecified atom stereocenters. The Morgan fingerprint density at radius 3 is 2.30 bits per heavy atom. The minimum absolute atomic E-state index is 0.0334. The van der Waals surface area contributed by atoms with Gasteiger partial charge in [0.05, 0.1) is 11.2 Å². The molecule has 1 aliphatic rings. The first-order chi connectivity index (χ1) is 9.21. The number of rotatable bonds is 3. The van der Waals surface area contributed by atoms with Crippen molar-refractivity contribution in [3.05, 3.63) is 35.9 Å². The van der Waals surface area contributed by atoms with Crippen molar-refractivity contribution in [1.29, 1.82) is 0 Å². The van der Waals surface area contributed by atoms with Crippen molar-refractivity contribution in [1.82, 2.24) is 0 Å². The van der Waals surface area contributed by atoms with Crippen molar-refractivity contribution in [3.63, 3.8) is 0 Å². The lowest BCUT2D eigenvalue weighted by molar-refractivity contribution is -0.112. The summed E-state index contributed by atoms with van der Waals surface area (Å²) in [6.07, 6.45) is 3.36. The lowest BCUT2D eigenvalue weighted by atomic mass is 9.78. The summed E-state index contributed by atoms with van der Waals surface area (Å²) < 4.78 is 12.0. The number of carbonyl (C=O) groups is 1. The fourth-order valence-electron chi connectivity index (χ4n) is 2.00. The Labute approximate surface area is 121 Å². The van der Waals surface area contributed by atoms with Gasteiger partial charge in [-0.25, -0.2) is 0 Å². The second kappa shape index (κ2) is 5.19. The Morgan fingerprint density at radius 1 is 1.15 bits per heavy atom. The van der Waals surface area contributed by atoms with Crippen LogP contribution < -0.4 is 5.46 Å². The van der Waals surface area contributed by atoms with Crippen LogP contribution in [-0.4, -0.2) is 24.1 Å². The number of ketones is 1. The number of hydrogen-bond acceptors (Lipinski definition) is 3. The van der Waals surface area contributed by atoms with E-state index in [9.17, 15) is 4.79 Å². The highest BCUT2D eigenvalue weighted by atomic mass is 16.7. The number of carbonyl (C=O) groups excluding carboxylic acids is 1. The van der Waals surface area contributed by atoms with E-state index in [-0.39, 0.29) is 24.1 Å². The molecule has 0 aromatic heterocycles. The monoisotopic (exact) mass is 272 g/mol. The molecule has 1 heterocycles. The minimum atomic E-state index is -0.370. The number of hydrogen-bond donors (Lipinski definition) is 0. The predicted octanol–water partition coefficient (Wildman–Crippen LogP) is 2.59. The first-order valence-corrected chi connectivity index (χ1v) is 6.85. The van der Waals surface area contributed by atoms with Crippen molar-refractivity contribution in [2.24, 2.45) is 0 Å². The van der Waals surface area contributed by atoms with Crippen LogP contribution in [0.1, 0.15) is 40.2 Å². The zero-order valence-corrected chi connectivity index (χ0v) is 12.8. The lowest BCUT2D eigenvalue weighted by Gasteiger charge is -2.32. The summed E-state index contributed by atoms with van der Waals surface area (Å²) in [6, 6.07) is 7.86. The quantitative estimate of drug-likeness (QED) is 0.626. The Balaban J connectivity index is 2.23. The summed E-state index contributed by atoms with van der Waals surface area (Å²) in [7, 11) is -0.370. The van der Waals surface area contributed by atoms with E-state index in [0.29, 0.717) is 0 Å². The van der Waals surface area contributed by atoms with Crippen LogP contribution in [-0.2, 0) is 14.1 Å². The molecule has 4 heteroatoms. The Kier molecular flexibility index (Phi) is 3.89. The molecule has 0 atom stereocenters. The molecular weight excluding hydrogens is 251 g/mol. The summed E-state index contributed by atoms with van der Waals surface area (Å²) in [4.78, 5) is 11.0. The van der Waals surface area contributed by atoms with E-state index in [1.54, 1.807) is 12.2 Å². The molecule has 20 heavy (non-hydrogen) atoms. The molecule has 2 rings (SSSR count). The smallest absolute Gasteiger partial charge is 0.399 e. The van der Waals surface area contributed by atoms with Crippen molar-refractivity contribution in [2.75, 3.05) is 0 Å². The highest BCUT2D eigenvalue weighted by Gasteiger charge is 2.51. The number of benzene rings is 1. The average Bonchev–Trinajstić information content (AvgIpc) is 2.56. The molecule has 0 radical (unpaired) electrons. The fraction of sp³-hybridized carbons (Fsp3) is 0.438. The van der Waals surface area contributed by atoms with E-state index < -0.39 is 0 Å². The normalized spacial score (nSPS) is 20.6. The van der Waals surface area contributed by atoms with Crippen LogP contribution in [0.5, 0.6) is 0 Å². The third kappa shape index (κ3) is 3.02. The van der Waals surface area contributed by atoms with E-state index in [4.69, 9.17) is 9.31 Å². The number of allylic oxidation sites excluding steroid dienone is 1. The van der Waals surface area contributed by atoms with Gasteiger partial charge in [-0.1, -0.05) is 30.3 Å². The maximum Gasteiger partial charge on any atom is 0.494 e. The molecule has 0 saturated carbocycles. The Hall–Kier alpha value is -1.39. The summed E-state index contributed by atoms with van der Waals surface area (Å²) in [5, 5.41) is 0. The van der Waals surface area contributed by atoms with E-state index in [0.717, 1.165) is 11.0 Å². The molecule has 0 bridgehead atoms. The molecule has 0 N–H and O–H groups in total. The van der Waals surface area contributed by atoms with Gasteiger partial charge < -0.3 is 9.31 Å². The van der Waals surface area contributed by atoms with Gasteiger partial charge >= 0.3 is 7.12 Å². The van der Waals surface area contributed by atoms with Crippen LogP contribution in [0.3, 0.4) is 0 Å². The van der Waals surface area contributed by atoms with Gasteiger partial charge in [0, 0.05) is 0 Å². The Morgan fingerprint density at radius 2 is 1.75 bits per heavy atom. The lowest BCUT2D eigenvalue weighted by Crippen LogP contribution is -2.41. The fourth-order valence-corrected chi connectivity index (χ4v) is 2.00. The van der Waals surface area contributed by atoms with Crippen LogP contribution in [0.15, 0.2) is 30.3 Å². The zero-order chi connectivity index (χ0) is 15.0. The van der Waals surface area contributed by atoms with Gasteiger partial charge in [-0.15, -0.1) is 0 Å². The van der Waals surface area contributed by atoms with E-state index in [2.05, 4.69) is 0 Å². The van der Waals surface area contributed by atoms with Crippen LogP contribution in [0.2, 0.25) is 0 Å². The zero-order valence-electron chi connectivity index (χ0n) is 12.8. The van der Waals surface area contributed by atoms with E-state index in [1.165, 1.54) is 6.92 Å². The van der Waals surface area contributed by atoms with Gasteiger partial charge in [0.2, 0.25) is 0 Å². The standard InChI is InChI=1S/C16H21BO3/c1-12(18)9-10-13-7-6-8-14(11-13)17-19-15(2,3)16(4,5)20-17/h6-11H,1-5H3/b10-9+. The molecule has 0 spiro atoms. The van der Waals surface area contributed by atoms with E-state index >= 15 is 0 Å². The molecule has 3 nitrogen and oxygen atoms in total. The first kappa shape index (κ1) is 15.0. The average molecular weight is 272 g/mol. The Bertz CT molecular complexity index is 530. The van der Waals surface area contributed by atoms with Crippen LogP contribution >= 0.6 is 0 Å². The second-order valence-electron chi connectivity index (χ2n) is 6.20. The summed E-state index contributed by atoms with van der Waals surface area (Å²) in [5.74, 6) is 0.0334. The van der Waals surface area contributed by atoms with Gasteiger partial charge in [-0.3, -0.25) is 4.79 Å². The van der Waals surface area contributed by atoms with Crippen molar-refractivity contribution >= 4 is 24.4 Å². The van der Waals surface area contributed by atoms with Gasteiger partial charge in [-0.05, 0) is 51.7 Å². The molecular formula is C16H21BO3. The van der Waals surface area contributed by atoms with Gasteiger partial charge in [0.1, 0.15) is 0 Å². The van der Waals surface area contributed by atoms with E-state index in [1.807, 2.05) is 52.0 Å². The maximum atomic E-state index is 11.0. The molecule has 106 valence electrons. The highest BCUT2D eigenvalue weighted by molar-refractivity contribution is 6.62. The first-order valence-electron chi connectivity index (χ1n) is 6.85. The second-order valence-corrected chi connectivity index (χ2v) is 6.20. The SMILES string of the molecule is CC(=O)/C=C/c1cccc(B2OC(C)(C)C(C)(C)O2)c1. The van der Waals surface area contributed by atoms with Crippen molar-refractivity contribution in [2.45, 2.75) is 45.8 Å². The highest BCUT2D eigenvalue weighted by Crippen LogP contribution is 2.36. The third-order valence-corrected chi connectivity index (χ3v) is 3.95. The molecule has 0 aliphatic carbocycles. The van der Waals surface area contributed by atoms with Gasteiger partial charge in [0.15, 0.2) is 5.78 Å². The summed E-state index contributed by atoms with van der Waals surface area (Å²) in [5.41, 5.74) is 1.24. The molecule has 1 aromatic rings.